The number of fused-ring (bicyclic) bond motifs is 1. The molecule has 0 spiro atoms. The molecule has 1 aliphatic heterocycles. The molecule has 2 aromatic rings. The molecule has 142 valence electrons. The number of hydrogen-bond acceptors (Lipinski definition) is 4. The second-order valence-electron chi connectivity index (χ2n) is 6.47. The van der Waals surface area contributed by atoms with E-state index in [1.807, 2.05) is 37.3 Å². The molecule has 0 unspecified atom stereocenters. The fourth-order valence-electron chi connectivity index (χ4n) is 3.05. The minimum absolute atomic E-state index is 0.0361. The molecule has 2 amide bonds. The van der Waals surface area contributed by atoms with Gasteiger partial charge in [0, 0.05) is 13.1 Å². The topological polar surface area (TPSA) is 74.8 Å². The summed E-state index contributed by atoms with van der Waals surface area (Å²) in [5.74, 6) is -1.02. The number of hydrogen-bond donors (Lipinski definition) is 0. The lowest BCUT2D eigenvalue weighted by molar-refractivity contribution is -0.131. The van der Waals surface area contributed by atoms with Crippen molar-refractivity contribution in [2.45, 2.75) is 31.2 Å². The molecule has 1 heterocycles. The maximum atomic E-state index is 12.9. The standard InChI is InChI=1S/C20H22N2O4S/c1-2-3-13-21(14-16-9-5-4-6-10-16)19(23)15-22-20(24)17-11-7-8-12-18(17)27(22,25)26/h4-12H,2-3,13-15H2,1H3. The molecule has 0 saturated heterocycles. The zero-order valence-corrected chi connectivity index (χ0v) is 16.0. The lowest BCUT2D eigenvalue weighted by atomic mass is 10.2. The Morgan fingerprint density at radius 2 is 1.70 bits per heavy atom. The average Bonchev–Trinajstić information content (AvgIpc) is 2.87. The summed E-state index contributed by atoms with van der Waals surface area (Å²) in [4.78, 5) is 27.0. The Morgan fingerprint density at radius 1 is 1.04 bits per heavy atom. The first-order chi connectivity index (χ1) is 12.9. The highest BCUT2D eigenvalue weighted by Gasteiger charge is 2.42. The van der Waals surface area contributed by atoms with Gasteiger partial charge in [0.15, 0.2) is 0 Å². The molecule has 0 aliphatic carbocycles. The van der Waals surface area contributed by atoms with Crippen LogP contribution in [-0.2, 0) is 21.4 Å². The molecule has 0 atom stereocenters. The van der Waals surface area contributed by atoms with Crippen LogP contribution in [0.4, 0.5) is 0 Å². The molecule has 6 nitrogen and oxygen atoms in total. The van der Waals surface area contributed by atoms with Gasteiger partial charge in [-0.1, -0.05) is 55.8 Å². The Morgan fingerprint density at radius 3 is 2.37 bits per heavy atom. The van der Waals surface area contributed by atoms with Crippen molar-refractivity contribution in [3.63, 3.8) is 0 Å². The molecule has 0 aromatic heterocycles. The van der Waals surface area contributed by atoms with E-state index in [2.05, 4.69) is 0 Å². The van der Waals surface area contributed by atoms with Crippen LogP contribution in [-0.4, -0.2) is 42.5 Å². The summed E-state index contributed by atoms with van der Waals surface area (Å²) in [6.07, 6.45) is 1.71. The molecule has 7 heteroatoms. The molecule has 0 N–H and O–H groups in total. The molecule has 27 heavy (non-hydrogen) atoms. The van der Waals surface area contributed by atoms with Crippen molar-refractivity contribution in [3.8, 4) is 0 Å². The normalized spacial score (nSPS) is 14.9. The molecule has 0 saturated carbocycles. The van der Waals surface area contributed by atoms with Crippen LogP contribution in [0.25, 0.3) is 0 Å². The van der Waals surface area contributed by atoms with Crippen molar-refractivity contribution >= 4 is 21.8 Å². The van der Waals surface area contributed by atoms with Crippen LogP contribution in [0.1, 0.15) is 35.7 Å². The van der Waals surface area contributed by atoms with E-state index in [4.69, 9.17) is 0 Å². The second-order valence-corrected chi connectivity index (χ2v) is 8.30. The highest BCUT2D eigenvalue weighted by Crippen LogP contribution is 2.29. The Bertz CT molecular complexity index is 941. The number of carbonyl (C=O) groups is 2. The van der Waals surface area contributed by atoms with Crippen molar-refractivity contribution in [3.05, 3.63) is 65.7 Å². The van der Waals surface area contributed by atoms with E-state index in [1.54, 1.807) is 17.0 Å². The minimum Gasteiger partial charge on any atom is -0.337 e. The molecule has 2 aromatic carbocycles. The van der Waals surface area contributed by atoms with Crippen LogP contribution >= 0.6 is 0 Å². The van der Waals surface area contributed by atoms with Crippen molar-refractivity contribution < 1.29 is 18.0 Å². The van der Waals surface area contributed by atoms with Crippen molar-refractivity contribution in [1.82, 2.24) is 9.21 Å². The van der Waals surface area contributed by atoms with Crippen LogP contribution in [0.2, 0.25) is 0 Å². The van der Waals surface area contributed by atoms with Gasteiger partial charge in [0.1, 0.15) is 11.4 Å². The predicted octanol–water partition coefficient (Wildman–Crippen LogP) is 2.66. The zero-order valence-electron chi connectivity index (χ0n) is 15.2. The van der Waals surface area contributed by atoms with E-state index in [0.29, 0.717) is 17.4 Å². The quantitative estimate of drug-likeness (QED) is 0.733. The first-order valence-electron chi connectivity index (χ1n) is 8.93. The van der Waals surface area contributed by atoms with E-state index in [1.165, 1.54) is 12.1 Å². The summed E-state index contributed by atoms with van der Waals surface area (Å²) in [6.45, 7) is 2.44. The first kappa shape index (κ1) is 19.1. The average molecular weight is 386 g/mol. The van der Waals surface area contributed by atoms with E-state index in [9.17, 15) is 18.0 Å². The highest BCUT2D eigenvalue weighted by molar-refractivity contribution is 7.90. The van der Waals surface area contributed by atoms with Gasteiger partial charge in [0.05, 0.1) is 5.56 Å². The fourth-order valence-corrected chi connectivity index (χ4v) is 4.57. The van der Waals surface area contributed by atoms with Crippen molar-refractivity contribution in [1.29, 1.82) is 0 Å². The number of unbranched alkanes of at least 4 members (excludes halogenated alkanes) is 1. The lowest BCUT2D eigenvalue weighted by Crippen LogP contribution is -2.42. The molecule has 0 radical (unpaired) electrons. The molecular formula is C20H22N2O4S. The van der Waals surface area contributed by atoms with Gasteiger partial charge in [-0.05, 0) is 24.1 Å². The van der Waals surface area contributed by atoms with Crippen LogP contribution < -0.4 is 0 Å². The largest absolute Gasteiger partial charge is 0.337 e. The first-order valence-corrected chi connectivity index (χ1v) is 10.4. The summed E-state index contributed by atoms with van der Waals surface area (Å²) in [6, 6.07) is 15.6. The molecule has 0 fully saturated rings. The van der Waals surface area contributed by atoms with Crippen LogP contribution in [0.15, 0.2) is 59.5 Å². The SMILES string of the molecule is CCCCN(Cc1ccccc1)C(=O)CN1C(=O)c2ccccc2S1(=O)=O. The maximum Gasteiger partial charge on any atom is 0.269 e. The van der Waals surface area contributed by atoms with Gasteiger partial charge in [-0.15, -0.1) is 0 Å². The summed E-state index contributed by atoms with van der Waals surface area (Å²) >= 11 is 0. The Hall–Kier alpha value is -2.67. The Labute approximate surface area is 159 Å². The van der Waals surface area contributed by atoms with Gasteiger partial charge >= 0.3 is 0 Å². The van der Waals surface area contributed by atoms with E-state index < -0.39 is 22.5 Å². The van der Waals surface area contributed by atoms with Gasteiger partial charge in [-0.25, -0.2) is 12.7 Å². The van der Waals surface area contributed by atoms with Crippen molar-refractivity contribution in [2.24, 2.45) is 0 Å². The molecule has 3 rings (SSSR count). The summed E-state index contributed by atoms with van der Waals surface area (Å²) in [7, 11) is -3.98. The predicted molar refractivity (Wildman–Crippen MR) is 101 cm³/mol. The van der Waals surface area contributed by atoms with Gasteiger partial charge < -0.3 is 4.90 Å². The number of rotatable bonds is 7. The Balaban J connectivity index is 1.80. The van der Waals surface area contributed by atoms with Gasteiger partial charge in [-0.3, -0.25) is 9.59 Å². The summed E-state index contributed by atoms with van der Waals surface area (Å²) in [5, 5.41) is 0. The number of sulfonamides is 1. The maximum absolute atomic E-state index is 12.9. The highest BCUT2D eigenvalue weighted by atomic mass is 32.2. The fraction of sp³-hybridized carbons (Fsp3) is 0.300. The van der Waals surface area contributed by atoms with Crippen LogP contribution in [0.3, 0.4) is 0 Å². The smallest absolute Gasteiger partial charge is 0.269 e. The van der Waals surface area contributed by atoms with Crippen LogP contribution in [0.5, 0.6) is 0 Å². The van der Waals surface area contributed by atoms with E-state index in [0.717, 1.165) is 18.4 Å². The second kappa shape index (κ2) is 7.92. The lowest BCUT2D eigenvalue weighted by Gasteiger charge is -2.25. The van der Waals surface area contributed by atoms with Gasteiger partial charge in [-0.2, -0.15) is 0 Å². The minimum atomic E-state index is -3.98. The third kappa shape index (κ3) is 3.88. The number of carbonyl (C=O) groups excluding carboxylic acids is 2. The summed E-state index contributed by atoms with van der Waals surface area (Å²) < 4.78 is 26.0. The number of benzene rings is 2. The van der Waals surface area contributed by atoms with Crippen LogP contribution in [0, 0.1) is 0 Å². The number of nitrogens with zero attached hydrogens (tertiary/aromatic N) is 2. The zero-order chi connectivity index (χ0) is 19.4. The molecule has 0 bridgehead atoms. The van der Waals surface area contributed by atoms with Crippen molar-refractivity contribution in [2.75, 3.05) is 13.1 Å². The molecular weight excluding hydrogens is 364 g/mol. The molecule has 1 aliphatic rings. The summed E-state index contributed by atoms with van der Waals surface area (Å²) in [5.41, 5.74) is 1.08. The van der Waals surface area contributed by atoms with E-state index >= 15 is 0 Å². The third-order valence-corrected chi connectivity index (χ3v) is 6.33. The number of amides is 2. The monoisotopic (exact) mass is 386 g/mol. The van der Waals surface area contributed by atoms with Gasteiger partial charge in [0.2, 0.25) is 5.91 Å². The Kier molecular flexibility index (Phi) is 5.60. The van der Waals surface area contributed by atoms with Gasteiger partial charge in [0.25, 0.3) is 15.9 Å². The third-order valence-electron chi connectivity index (χ3n) is 4.54. The van der Waals surface area contributed by atoms with E-state index in [-0.39, 0.29) is 16.4 Å².